The Morgan fingerprint density at radius 1 is 0.935 bits per heavy atom. The molecule has 0 fully saturated rings. The van der Waals surface area contributed by atoms with Gasteiger partial charge in [0.15, 0.2) is 5.82 Å². The number of benzene rings is 3. The molecule has 0 atom stereocenters. The highest BCUT2D eigenvalue weighted by Gasteiger charge is 2.20. The molecule has 3 aromatic carbocycles. The van der Waals surface area contributed by atoms with E-state index in [0.717, 1.165) is 22.4 Å². The number of aryl methyl sites for hydroxylation is 2. The smallest absolute Gasteiger partial charge is 0.295 e. The van der Waals surface area contributed by atoms with E-state index < -0.39 is 5.91 Å². The number of hydrogen-bond acceptors (Lipinski definition) is 3. The van der Waals surface area contributed by atoms with Gasteiger partial charge in [0, 0.05) is 16.3 Å². The fourth-order valence-corrected chi connectivity index (χ4v) is 3.68. The van der Waals surface area contributed by atoms with Crippen molar-refractivity contribution in [3.63, 3.8) is 0 Å². The van der Waals surface area contributed by atoms with Gasteiger partial charge in [0.1, 0.15) is 0 Å². The van der Waals surface area contributed by atoms with Crippen molar-refractivity contribution in [3.8, 4) is 17.1 Å². The lowest BCUT2D eigenvalue weighted by Crippen LogP contribution is -2.14. The Labute approximate surface area is 194 Å². The second-order valence-corrected chi connectivity index (χ2v) is 8.30. The number of carbonyl (C=O) groups excluding carboxylic acids is 1. The van der Waals surface area contributed by atoms with E-state index in [2.05, 4.69) is 15.4 Å². The van der Waals surface area contributed by atoms with Crippen LogP contribution in [0.3, 0.4) is 0 Å². The third kappa shape index (κ3) is 4.59. The summed E-state index contributed by atoms with van der Waals surface area (Å²) in [6.07, 6.45) is 0. The van der Waals surface area contributed by atoms with Crippen molar-refractivity contribution in [1.29, 1.82) is 0 Å². The minimum absolute atomic E-state index is 0.0148. The van der Waals surface area contributed by atoms with Crippen LogP contribution in [-0.4, -0.2) is 20.7 Å². The maximum atomic E-state index is 12.9. The number of anilines is 1. The highest BCUT2D eigenvalue weighted by Crippen LogP contribution is 2.27. The highest BCUT2D eigenvalue weighted by atomic mass is 35.5. The van der Waals surface area contributed by atoms with Crippen molar-refractivity contribution in [1.82, 2.24) is 14.8 Å². The van der Waals surface area contributed by atoms with Crippen molar-refractivity contribution >= 4 is 46.4 Å². The summed E-state index contributed by atoms with van der Waals surface area (Å²) < 4.78 is 1.66. The molecular weight excluding hydrogens is 455 g/mol. The van der Waals surface area contributed by atoms with E-state index in [1.54, 1.807) is 35.0 Å². The SMILES string of the molecule is Cc1ccc(-n2nc(C(=O)Nc3ccc(Cl)c(Cl)c3)nc2-c2cccc(Cl)c2)c(C)c1. The summed E-state index contributed by atoms with van der Waals surface area (Å²) in [5, 5.41) is 8.57. The van der Waals surface area contributed by atoms with Crippen LogP contribution in [0.5, 0.6) is 0 Å². The van der Waals surface area contributed by atoms with Gasteiger partial charge >= 0.3 is 0 Å². The second-order valence-electron chi connectivity index (χ2n) is 7.05. The summed E-state index contributed by atoms with van der Waals surface area (Å²) >= 11 is 18.2. The zero-order chi connectivity index (χ0) is 22.1. The molecule has 4 aromatic rings. The number of nitrogens with zero attached hydrogens (tertiary/aromatic N) is 3. The number of rotatable bonds is 4. The van der Waals surface area contributed by atoms with Gasteiger partial charge in [0.25, 0.3) is 5.91 Å². The molecule has 1 N–H and O–H groups in total. The van der Waals surface area contributed by atoms with Gasteiger partial charge in [0.05, 0.1) is 15.7 Å². The van der Waals surface area contributed by atoms with Crippen molar-refractivity contribution < 1.29 is 4.79 Å². The second kappa shape index (κ2) is 8.71. The first-order chi connectivity index (χ1) is 14.8. The van der Waals surface area contributed by atoms with E-state index in [0.29, 0.717) is 26.6 Å². The number of hydrogen-bond donors (Lipinski definition) is 1. The first-order valence-electron chi connectivity index (χ1n) is 9.39. The van der Waals surface area contributed by atoms with Gasteiger partial charge in [-0.15, -0.1) is 5.10 Å². The van der Waals surface area contributed by atoms with Crippen LogP contribution in [0.25, 0.3) is 17.1 Å². The van der Waals surface area contributed by atoms with Crippen LogP contribution >= 0.6 is 34.8 Å². The predicted molar refractivity (Wildman–Crippen MR) is 126 cm³/mol. The summed E-state index contributed by atoms with van der Waals surface area (Å²) in [5.41, 5.74) is 4.19. The molecule has 0 spiro atoms. The molecule has 0 radical (unpaired) electrons. The molecule has 0 unspecified atom stereocenters. The summed E-state index contributed by atoms with van der Waals surface area (Å²) in [7, 11) is 0. The third-order valence-electron chi connectivity index (χ3n) is 4.65. The summed E-state index contributed by atoms with van der Waals surface area (Å²) in [5.74, 6) is 0.0555. The predicted octanol–water partition coefficient (Wildman–Crippen LogP) is 6.76. The molecule has 8 heteroatoms. The Kier molecular flexibility index (Phi) is 6.01. The maximum absolute atomic E-state index is 12.9. The van der Waals surface area contributed by atoms with Crippen LogP contribution in [-0.2, 0) is 0 Å². The quantitative estimate of drug-likeness (QED) is 0.357. The topological polar surface area (TPSA) is 59.8 Å². The van der Waals surface area contributed by atoms with Crippen LogP contribution < -0.4 is 5.32 Å². The van der Waals surface area contributed by atoms with Gasteiger partial charge in [-0.1, -0.05) is 64.6 Å². The summed E-state index contributed by atoms with van der Waals surface area (Å²) in [4.78, 5) is 17.4. The van der Waals surface area contributed by atoms with Gasteiger partial charge in [0.2, 0.25) is 5.82 Å². The Balaban J connectivity index is 1.79. The molecule has 0 saturated heterocycles. The molecule has 1 heterocycles. The number of halogens is 3. The Hall–Kier alpha value is -2.86. The monoisotopic (exact) mass is 470 g/mol. The maximum Gasteiger partial charge on any atom is 0.295 e. The van der Waals surface area contributed by atoms with Crippen LogP contribution in [0.1, 0.15) is 21.7 Å². The Morgan fingerprint density at radius 2 is 1.74 bits per heavy atom. The van der Waals surface area contributed by atoms with Gasteiger partial charge in [-0.2, -0.15) is 0 Å². The molecule has 0 aliphatic rings. The van der Waals surface area contributed by atoms with Gasteiger partial charge in [-0.25, -0.2) is 9.67 Å². The average molecular weight is 472 g/mol. The van der Waals surface area contributed by atoms with Crippen LogP contribution in [0, 0.1) is 13.8 Å². The lowest BCUT2D eigenvalue weighted by atomic mass is 10.1. The number of carbonyl (C=O) groups is 1. The van der Waals surface area contributed by atoms with Crippen molar-refractivity contribution in [3.05, 3.63) is 92.7 Å². The Morgan fingerprint density at radius 3 is 2.45 bits per heavy atom. The minimum Gasteiger partial charge on any atom is -0.319 e. The zero-order valence-electron chi connectivity index (χ0n) is 16.7. The molecule has 4 rings (SSSR count). The first kappa shape index (κ1) is 21.4. The zero-order valence-corrected chi connectivity index (χ0v) is 18.9. The van der Waals surface area contributed by atoms with E-state index in [-0.39, 0.29) is 5.82 Å². The molecule has 0 bridgehead atoms. The molecule has 156 valence electrons. The number of aromatic nitrogens is 3. The van der Waals surface area contributed by atoms with Crippen LogP contribution in [0.4, 0.5) is 5.69 Å². The van der Waals surface area contributed by atoms with E-state index in [9.17, 15) is 4.79 Å². The van der Waals surface area contributed by atoms with E-state index >= 15 is 0 Å². The molecule has 0 aliphatic carbocycles. The fraction of sp³-hybridized carbons (Fsp3) is 0.0870. The lowest BCUT2D eigenvalue weighted by molar-refractivity contribution is 0.101. The molecule has 5 nitrogen and oxygen atoms in total. The fourth-order valence-electron chi connectivity index (χ4n) is 3.19. The third-order valence-corrected chi connectivity index (χ3v) is 5.63. The lowest BCUT2D eigenvalue weighted by Gasteiger charge is -2.10. The molecule has 0 saturated carbocycles. The van der Waals surface area contributed by atoms with E-state index in [4.69, 9.17) is 34.8 Å². The molecule has 0 aliphatic heterocycles. The first-order valence-corrected chi connectivity index (χ1v) is 10.5. The van der Waals surface area contributed by atoms with E-state index in [1.165, 1.54) is 0 Å². The standard InChI is InChI=1S/C23H17Cl3N4O/c1-13-6-9-20(14(2)10-13)30-22(15-4-3-5-16(24)11-15)28-21(29-30)23(31)27-17-7-8-18(25)19(26)12-17/h3-12H,1-2H3,(H,27,31). The molecule has 1 aromatic heterocycles. The van der Waals surface area contributed by atoms with Crippen LogP contribution in [0.15, 0.2) is 60.7 Å². The molecule has 1 amide bonds. The van der Waals surface area contributed by atoms with Crippen molar-refractivity contribution in [2.45, 2.75) is 13.8 Å². The van der Waals surface area contributed by atoms with Gasteiger partial charge in [-0.05, 0) is 55.8 Å². The van der Waals surface area contributed by atoms with Gasteiger partial charge in [-0.3, -0.25) is 4.79 Å². The normalized spacial score (nSPS) is 10.9. The summed E-state index contributed by atoms with van der Waals surface area (Å²) in [6.45, 7) is 4.01. The average Bonchev–Trinajstić information content (AvgIpc) is 3.16. The molecular formula is C23H17Cl3N4O. The van der Waals surface area contributed by atoms with Crippen LogP contribution in [0.2, 0.25) is 15.1 Å². The van der Waals surface area contributed by atoms with Crippen molar-refractivity contribution in [2.75, 3.05) is 5.32 Å². The highest BCUT2D eigenvalue weighted by molar-refractivity contribution is 6.42. The largest absolute Gasteiger partial charge is 0.319 e. The Bertz CT molecular complexity index is 1300. The number of amides is 1. The summed E-state index contributed by atoms with van der Waals surface area (Å²) in [6, 6.07) is 18.1. The van der Waals surface area contributed by atoms with Gasteiger partial charge < -0.3 is 5.32 Å². The number of nitrogens with one attached hydrogen (secondary N) is 1. The van der Waals surface area contributed by atoms with Crippen molar-refractivity contribution in [2.24, 2.45) is 0 Å². The molecule has 31 heavy (non-hydrogen) atoms. The van der Waals surface area contributed by atoms with E-state index in [1.807, 2.05) is 44.2 Å². The minimum atomic E-state index is -0.467.